The van der Waals surface area contributed by atoms with Crippen molar-refractivity contribution in [2.24, 2.45) is 0 Å². The molecule has 0 bridgehead atoms. The number of benzene rings is 1. The van der Waals surface area contributed by atoms with Gasteiger partial charge in [0.2, 0.25) is 5.60 Å². The summed E-state index contributed by atoms with van der Waals surface area (Å²) >= 11 is 0. The monoisotopic (exact) mass is 256 g/mol. The molecule has 5 heteroatoms. The average molecular weight is 256 g/mol. The Morgan fingerprint density at radius 3 is 2.44 bits per heavy atom. The van der Waals surface area contributed by atoms with Gasteiger partial charge in [-0.3, -0.25) is 0 Å². The highest BCUT2D eigenvalue weighted by Crippen LogP contribution is 2.48. The highest BCUT2D eigenvalue weighted by molar-refractivity contribution is 5.81. The van der Waals surface area contributed by atoms with Crippen molar-refractivity contribution in [1.29, 1.82) is 0 Å². The molecular weight excluding hydrogens is 242 g/mol. The Morgan fingerprint density at radius 2 is 2.00 bits per heavy atom. The molecule has 0 spiro atoms. The smallest absolute Gasteiger partial charge is 0.343 e. The lowest BCUT2D eigenvalue weighted by Crippen LogP contribution is -2.57. The molecule has 3 nitrogen and oxygen atoms in total. The quantitative estimate of drug-likeness (QED) is 0.871. The molecule has 2 N–H and O–H groups in total. The molecule has 18 heavy (non-hydrogen) atoms. The Hall–Kier alpha value is -1.49. The molecule has 1 unspecified atom stereocenters. The van der Waals surface area contributed by atoms with Gasteiger partial charge in [-0.1, -0.05) is 30.3 Å². The van der Waals surface area contributed by atoms with Crippen LogP contribution in [-0.2, 0) is 10.4 Å². The number of hydrogen-bond acceptors (Lipinski definition) is 2. The topological polar surface area (TPSA) is 57.5 Å². The summed E-state index contributed by atoms with van der Waals surface area (Å²) in [5.41, 5.74) is -5.76. The zero-order chi connectivity index (χ0) is 13.4. The Labute approximate surface area is 103 Å². The van der Waals surface area contributed by atoms with E-state index >= 15 is 0 Å². The second-order valence-electron chi connectivity index (χ2n) is 4.60. The fourth-order valence-electron chi connectivity index (χ4n) is 2.55. The van der Waals surface area contributed by atoms with Gasteiger partial charge in [-0.2, -0.15) is 0 Å². The molecule has 1 aromatic rings. The zero-order valence-electron chi connectivity index (χ0n) is 9.64. The zero-order valence-corrected chi connectivity index (χ0v) is 9.64. The largest absolute Gasteiger partial charge is 0.479 e. The molecule has 1 aliphatic carbocycles. The number of aliphatic carboxylic acids is 1. The number of carboxylic acid groups (broad SMARTS) is 1. The second-order valence-corrected chi connectivity index (χ2v) is 4.60. The van der Waals surface area contributed by atoms with Crippen molar-refractivity contribution in [3.63, 3.8) is 0 Å². The van der Waals surface area contributed by atoms with Gasteiger partial charge in [-0.25, -0.2) is 13.6 Å². The van der Waals surface area contributed by atoms with Gasteiger partial charge in [0.15, 0.2) is 5.67 Å². The van der Waals surface area contributed by atoms with E-state index in [4.69, 9.17) is 0 Å². The maximum absolute atomic E-state index is 14.7. The van der Waals surface area contributed by atoms with Crippen molar-refractivity contribution in [1.82, 2.24) is 0 Å². The minimum absolute atomic E-state index is 0.0705. The van der Waals surface area contributed by atoms with Crippen molar-refractivity contribution in [3.05, 3.63) is 35.9 Å². The third-order valence-corrected chi connectivity index (χ3v) is 3.60. The minimum atomic E-state index is -2.84. The van der Waals surface area contributed by atoms with Crippen LogP contribution >= 0.6 is 0 Å². The van der Waals surface area contributed by atoms with E-state index in [-0.39, 0.29) is 24.8 Å². The fourth-order valence-corrected chi connectivity index (χ4v) is 2.55. The van der Waals surface area contributed by atoms with E-state index in [0.717, 1.165) is 0 Å². The van der Waals surface area contributed by atoms with Gasteiger partial charge in [-0.15, -0.1) is 0 Å². The van der Waals surface area contributed by atoms with Gasteiger partial charge in [-0.05, 0) is 24.8 Å². The number of hydrogen-bond donors (Lipinski definition) is 2. The third kappa shape index (κ3) is 1.61. The maximum Gasteiger partial charge on any atom is 0.343 e. The van der Waals surface area contributed by atoms with Gasteiger partial charge in [0.05, 0.1) is 0 Å². The average Bonchev–Trinajstić information content (AvgIpc) is 2.71. The van der Waals surface area contributed by atoms with Gasteiger partial charge >= 0.3 is 5.97 Å². The summed E-state index contributed by atoms with van der Waals surface area (Å²) in [5.74, 6) is -1.76. The molecule has 0 radical (unpaired) electrons. The number of halogens is 2. The van der Waals surface area contributed by atoms with Crippen LogP contribution in [0.1, 0.15) is 24.8 Å². The summed E-state index contributed by atoms with van der Waals surface area (Å²) < 4.78 is 28.4. The molecule has 1 aliphatic rings. The third-order valence-electron chi connectivity index (χ3n) is 3.60. The Kier molecular flexibility index (Phi) is 3.11. The molecule has 0 saturated heterocycles. The van der Waals surface area contributed by atoms with Crippen molar-refractivity contribution in [2.75, 3.05) is 0 Å². The van der Waals surface area contributed by atoms with E-state index in [1.54, 1.807) is 6.07 Å². The first kappa shape index (κ1) is 13.0. The minimum Gasteiger partial charge on any atom is -0.479 e. The van der Waals surface area contributed by atoms with Crippen LogP contribution in [0.4, 0.5) is 8.78 Å². The van der Waals surface area contributed by atoms with Crippen LogP contribution in [0.2, 0.25) is 0 Å². The lowest BCUT2D eigenvalue weighted by molar-refractivity contribution is -0.188. The number of carbonyl (C=O) groups is 1. The molecule has 0 aromatic heterocycles. The van der Waals surface area contributed by atoms with Gasteiger partial charge < -0.3 is 10.2 Å². The molecule has 0 heterocycles. The number of carboxylic acids is 1. The van der Waals surface area contributed by atoms with E-state index < -0.39 is 23.4 Å². The van der Waals surface area contributed by atoms with Crippen molar-refractivity contribution in [3.8, 4) is 0 Å². The number of rotatable bonds is 3. The van der Waals surface area contributed by atoms with E-state index in [0.29, 0.717) is 0 Å². The summed E-state index contributed by atoms with van der Waals surface area (Å²) in [6.45, 7) is 0. The highest BCUT2D eigenvalue weighted by atomic mass is 19.2. The van der Waals surface area contributed by atoms with Crippen molar-refractivity contribution >= 4 is 5.97 Å². The maximum atomic E-state index is 14.7. The summed E-state index contributed by atoms with van der Waals surface area (Å²) in [5, 5.41) is 19.4. The predicted octanol–water partition coefficient (Wildman–Crippen LogP) is 2.19. The van der Waals surface area contributed by atoms with E-state index in [1.807, 2.05) is 0 Å². The Balaban J connectivity index is 2.55. The summed E-state index contributed by atoms with van der Waals surface area (Å²) in [6.07, 6.45) is -2.12. The lowest BCUT2D eigenvalue weighted by atomic mass is 9.77. The predicted molar refractivity (Wildman–Crippen MR) is 60.6 cm³/mol. The fraction of sp³-hybridized carbons (Fsp3) is 0.462. The van der Waals surface area contributed by atoms with E-state index in [9.17, 15) is 23.8 Å². The first-order chi connectivity index (χ1) is 8.43. The van der Waals surface area contributed by atoms with E-state index in [2.05, 4.69) is 0 Å². The highest BCUT2D eigenvalue weighted by Gasteiger charge is 2.64. The standard InChI is InChI=1S/C13H14F2O3/c14-10-7-4-8-12(10,15)13(18,11(16)17)9-5-2-1-3-6-9/h1-3,5-6,10,18H,4,7-8H2,(H,16,17)/t10?,12-,13+/m0/s1. The summed E-state index contributed by atoms with van der Waals surface area (Å²) in [6, 6.07) is 7.16. The molecular formula is C13H14F2O3. The van der Waals surface area contributed by atoms with Crippen LogP contribution < -0.4 is 0 Å². The van der Waals surface area contributed by atoms with Crippen LogP contribution in [0.5, 0.6) is 0 Å². The molecule has 0 aliphatic heterocycles. The first-order valence-electron chi connectivity index (χ1n) is 5.77. The normalized spacial score (nSPS) is 30.9. The molecule has 1 aromatic carbocycles. The van der Waals surface area contributed by atoms with Gasteiger partial charge in [0.1, 0.15) is 6.17 Å². The molecule has 1 saturated carbocycles. The lowest BCUT2D eigenvalue weighted by Gasteiger charge is -2.37. The van der Waals surface area contributed by atoms with Crippen molar-refractivity contribution < 1.29 is 23.8 Å². The van der Waals surface area contributed by atoms with Gasteiger partial charge in [0, 0.05) is 0 Å². The number of aliphatic hydroxyl groups is 1. The van der Waals surface area contributed by atoms with Crippen LogP contribution in [-0.4, -0.2) is 28.0 Å². The Morgan fingerprint density at radius 1 is 1.39 bits per heavy atom. The van der Waals surface area contributed by atoms with Crippen LogP contribution in [0.15, 0.2) is 30.3 Å². The first-order valence-corrected chi connectivity index (χ1v) is 5.77. The Bertz CT molecular complexity index is 451. The summed E-state index contributed by atoms with van der Waals surface area (Å²) in [7, 11) is 0. The molecule has 98 valence electrons. The SMILES string of the molecule is O=C(O)[C@](O)(c1ccccc1)[C@]1(F)CCCC1F. The van der Waals surface area contributed by atoms with Crippen LogP contribution in [0, 0.1) is 0 Å². The van der Waals surface area contributed by atoms with Crippen LogP contribution in [0.25, 0.3) is 0 Å². The molecule has 3 atom stereocenters. The van der Waals surface area contributed by atoms with Crippen LogP contribution in [0.3, 0.4) is 0 Å². The van der Waals surface area contributed by atoms with E-state index in [1.165, 1.54) is 24.3 Å². The van der Waals surface area contributed by atoms with Crippen molar-refractivity contribution in [2.45, 2.75) is 36.7 Å². The summed E-state index contributed by atoms with van der Waals surface area (Å²) in [4.78, 5) is 11.3. The van der Waals surface area contributed by atoms with Gasteiger partial charge in [0.25, 0.3) is 0 Å². The second kappa shape index (κ2) is 4.31. The molecule has 0 amide bonds. The number of alkyl halides is 2. The molecule has 2 rings (SSSR count). The molecule has 1 fully saturated rings.